The summed E-state index contributed by atoms with van der Waals surface area (Å²) in [6.07, 6.45) is 1.10. The minimum Gasteiger partial charge on any atom is -0.382 e. The lowest BCUT2D eigenvalue weighted by Gasteiger charge is -2.14. The van der Waals surface area contributed by atoms with Crippen LogP contribution < -0.4 is 0 Å². The molecule has 0 radical (unpaired) electrons. The fraction of sp³-hybridized carbons (Fsp3) is 0.167. The van der Waals surface area contributed by atoms with E-state index in [0.29, 0.717) is 6.08 Å². The smallest absolute Gasteiger partial charge is 0.295 e. The van der Waals surface area contributed by atoms with Crippen LogP contribution in [0.2, 0.25) is 0 Å². The fourth-order valence-corrected chi connectivity index (χ4v) is 1.02. The number of hydrogen-bond donors (Lipinski definition) is 1. The van der Waals surface area contributed by atoms with Crippen molar-refractivity contribution in [2.45, 2.75) is 12.0 Å². The van der Waals surface area contributed by atoms with Gasteiger partial charge in [0.05, 0.1) is 0 Å². The summed E-state index contributed by atoms with van der Waals surface area (Å²) < 4.78 is 25.7. The maximum absolute atomic E-state index is 12.8. The largest absolute Gasteiger partial charge is 0.382 e. The van der Waals surface area contributed by atoms with Crippen molar-refractivity contribution < 1.29 is 13.9 Å². The average Bonchev–Trinajstić information content (AvgIpc) is 2.27. The average molecular weight is 210 g/mol. The van der Waals surface area contributed by atoms with Gasteiger partial charge < -0.3 is 5.11 Å². The van der Waals surface area contributed by atoms with E-state index >= 15 is 0 Å². The van der Waals surface area contributed by atoms with Gasteiger partial charge in [0, 0.05) is 0 Å². The Morgan fingerprint density at radius 1 is 1.27 bits per heavy atom. The molecule has 1 atom stereocenters. The standard InChI is InChI=1S/C12H12F2O/c1-2-12(13,14)11(15)9-8-10-6-4-3-5-7-10/h2-9,11,15H,1H2/b9-8+. The molecular weight excluding hydrogens is 198 g/mol. The zero-order chi connectivity index (χ0) is 11.3. The first-order valence-corrected chi connectivity index (χ1v) is 4.49. The summed E-state index contributed by atoms with van der Waals surface area (Å²) in [4.78, 5) is 0. The quantitative estimate of drug-likeness (QED) is 0.757. The summed E-state index contributed by atoms with van der Waals surface area (Å²) >= 11 is 0. The molecule has 1 rings (SSSR count). The highest BCUT2D eigenvalue weighted by Crippen LogP contribution is 2.21. The molecule has 0 amide bonds. The maximum Gasteiger partial charge on any atom is 0.295 e. The molecule has 0 aliphatic heterocycles. The second kappa shape index (κ2) is 4.84. The second-order valence-electron chi connectivity index (χ2n) is 3.09. The third-order valence-corrected chi connectivity index (χ3v) is 1.94. The monoisotopic (exact) mass is 210 g/mol. The first-order chi connectivity index (χ1) is 7.06. The van der Waals surface area contributed by atoms with Crippen molar-refractivity contribution in [1.82, 2.24) is 0 Å². The van der Waals surface area contributed by atoms with Crippen LogP contribution in [0, 0.1) is 0 Å². The molecule has 0 aliphatic carbocycles. The predicted molar refractivity (Wildman–Crippen MR) is 56.6 cm³/mol. The van der Waals surface area contributed by atoms with Crippen LogP contribution in [-0.2, 0) is 0 Å². The Balaban J connectivity index is 2.70. The van der Waals surface area contributed by atoms with E-state index in [1.54, 1.807) is 24.3 Å². The summed E-state index contributed by atoms with van der Waals surface area (Å²) in [5.41, 5.74) is 0.761. The fourth-order valence-electron chi connectivity index (χ4n) is 1.02. The number of aliphatic hydroxyl groups is 1. The minimum absolute atomic E-state index is 0.438. The van der Waals surface area contributed by atoms with E-state index < -0.39 is 12.0 Å². The van der Waals surface area contributed by atoms with Gasteiger partial charge in [-0.1, -0.05) is 43.0 Å². The molecule has 0 bridgehead atoms. The van der Waals surface area contributed by atoms with Gasteiger partial charge in [0.2, 0.25) is 0 Å². The van der Waals surface area contributed by atoms with E-state index in [9.17, 15) is 8.78 Å². The third-order valence-electron chi connectivity index (χ3n) is 1.94. The Hall–Kier alpha value is -1.48. The van der Waals surface area contributed by atoms with E-state index in [1.807, 2.05) is 6.07 Å². The molecule has 0 saturated heterocycles. The van der Waals surface area contributed by atoms with E-state index in [1.165, 1.54) is 6.08 Å². The number of halogens is 2. The number of alkyl halides is 2. The minimum atomic E-state index is -3.29. The van der Waals surface area contributed by atoms with Gasteiger partial charge in [0.15, 0.2) is 0 Å². The number of hydrogen-bond acceptors (Lipinski definition) is 1. The first kappa shape index (κ1) is 11.6. The van der Waals surface area contributed by atoms with Crippen molar-refractivity contribution in [3.05, 3.63) is 54.6 Å². The molecule has 1 N–H and O–H groups in total. The SMILES string of the molecule is C=CC(F)(F)C(O)/C=C/c1ccccc1. The summed E-state index contributed by atoms with van der Waals surface area (Å²) in [6.45, 7) is 2.96. The van der Waals surface area contributed by atoms with Gasteiger partial charge in [0.1, 0.15) is 6.10 Å². The lowest BCUT2D eigenvalue weighted by molar-refractivity contribution is -0.0443. The zero-order valence-corrected chi connectivity index (χ0v) is 8.11. The lowest BCUT2D eigenvalue weighted by Crippen LogP contribution is -2.28. The Morgan fingerprint density at radius 2 is 1.87 bits per heavy atom. The Kier molecular flexibility index (Phi) is 3.74. The van der Waals surface area contributed by atoms with Gasteiger partial charge in [-0.2, -0.15) is 8.78 Å². The summed E-state index contributed by atoms with van der Waals surface area (Å²) in [5, 5.41) is 9.13. The van der Waals surface area contributed by atoms with Crippen LogP contribution in [0.4, 0.5) is 8.78 Å². The highest BCUT2D eigenvalue weighted by molar-refractivity contribution is 5.49. The van der Waals surface area contributed by atoms with Gasteiger partial charge in [-0.15, -0.1) is 0 Å². The topological polar surface area (TPSA) is 20.2 Å². The zero-order valence-electron chi connectivity index (χ0n) is 8.11. The Labute approximate surface area is 87.4 Å². The molecule has 0 aliphatic rings. The van der Waals surface area contributed by atoms with Gasteiger partial charge in [-0.05, 0) is 17.7 Å². The normalized spacial score (nSPS) is 14.1. The van der Waals surface area contributed by atoms with Crippen molar-refractivity contribution in [1.29, 1.82) is 0 Å². The van der Waals surface area contributed by atoms with E-state index in [2.05, 4.69) is 6.58 Å². The molecule has 1 unspecified atom stereocenters. The van der Waals surface area contributed by atoms with Crippen LogP contribution >= 0.6 is 0 Å². The van der Waals surface area contributed by atoms with Crippen molar-refractivity contribution in [3.63, 3.8) is 0 Å². The molecule has 0 aromatic heterocycles. The number of aliphatic hydroxyl groups excluding tert-OH is 1. The highest BCUT2D eigenvalue weighted by atomic mass is 19.3. The van der Waals surface area contributed by atoms with Gasteiger partial charge in [-0.3, -0.25) is 0 Å². The molecule has 15 heavy (non-hydrogen) atoms. The van der Waals surface area contributed by atoms with Crippen molar-refractivity contribution in [2.24, 2.45) is 0 Å². The molecule has 0 fully saturated rings. The molecule has 0 spiro atoms. The molecule has 1 nitrogen and oxygen atoms in total. The van der Waals surface area contributed by atoms with E-state index in [4.69, 9.17) is 5.11 Å². The summed E-state index contributed by atoms with van der Waals surface area (Å²) in [6, 6.07) is 8.92. The second-order valence-corrected chi connectivity index (χ2v) is 3.09. The van der Waals surface area contributed by atoms with Gasteiger partial charge >= 0.3 is 0 Å². The Bertz CT molecular complexity index is 344. The van der Waals surface area contributed by atoms with Crippen LogP contribution in [0.5, 0.6) is 0 Å². The van der Waals surface area contributed by atoms with Crippen molar-refractivity contribution in [3.8, 4) is 0 Å². The maximum atomic E-state index is 12.8. The number of rotatable bonds is 4. The molecule has 1 aromatic carbocycles. The highest BCUT2D eigenvalue weighted by Gasteiger charge is 2.32. The predicted octanol–water partition coefficient (Wildman–Crippen LogP) is 2.88. The first-order valence-electron chi connectivity index (χ1n) is 4.49. The van der Waals surface area contributed by atoms with Crippen LogP contribution in [0.1, 0.15) is 5.56 Å². The van der Waals surface area contributed by atoms with Crippen LogP contribution in [0.3, 0.4) is 0 Å². The Morgan fingerprint density at radius 3 is 2.40 bits per heavy atom. The van der Waals surface area contributed by atoms with Gasteiger partial charge in [-0.25, -0.2) is 0 Å². The van der Waals surface area contributed by atoms with Crippen molar-refractivity contribution in [2.75, 3.05) is 0 Å². The third kappa shape index (κ3) is 3.29. The lowest BCUT2D eigenvalue weighted by atomic mass is 10.1. The molecule has 0 heterocycles. The molecule has 80 valence electrons. The van der Waals surface area contributed by atoms with Crippen LogP contribution in [0.25, 0.3) is 6.08 Å². The summed E-state index contributed by atoms with van der Waals surface area (Å²) in [5.74, 6) is -3.29. The van der Waals surface area contributed by atoms with Crippen LogP contribution in [-0.4, -0.2) is 17.1 Å². The molecule has 0 saturated carbocycles. The summed E-state index contributed by atoms with van der Waals surface area (Å²) in [7, 11) is 0. The number of benzene rings is 1. The molecule has 1 aromatic rings. The molecule has 3 heteroatoms. The van der Waals surface area contributed by atoms with Crippen molar-refractivity contribution >= 4 is 6.08 Å². The van der Waals surface area contributed by atoms with E-state index in [-0.39, 0.29) is 0 Å². The van der Waals surface area contributed by atoms with E-state index in [0.717, 1.165) is 11.6 Å². The van der Waals surface area contributed by atoms with Gasteiger partial charge in [0.25, 0.3) is 5.92 Å². The molecular formula is C12H12F2O. The van der Waals surface area contributed by atoms with Crippen LogP contribution in [0.15, 0.2) is 49.1 Å².